The van der Waals surface area contributed by atoms with Gasteiger partial charge in [0.2, 0.25) is 5.91 Å². The van der Waals surface area contributed by atoms with Crippen LogP contribution >= 0.6 is 0 Å². The molecule has 1 aliphatic carbocycles. The van der Waals surface area contributed by atoms with Gasteiger partial charge in [0, 0.05) is 25.7 Å². The zero-order valence-electron chi connectivity index (χ0n) is 20.2. The Kier molecular flexibility index (Phi) is 8.21. The molecule has 2 aliphatic rings. The van der Waals surface area contributed by atoms with E-state index < -0.39 is 35.4 Å². The van der Waals surface area contributed by atoms with Crippen LogP contribution in [0.2, 0.25) is 0 Å². The minimum atomic E-state index is -4.58. The number of nitrogen functional groups attached to an aromatic ring is 1. The molecule has 3 N–H and O–H groups in total. The second-order valence-corrected chi connectivity index (χ2v) is 8.91. The molecule has 1 aromatic carbocycles. The SMILES string of the molecule is CCc1cc(NC(=O)C(=O)N2CCN(C(=O)C3(C(F)(F)F)CC3)C(C)C2)cnc1N.c1ccccc1. The predicted molar refractivity (Wildman–Crippen MR) is 129 cm³/mol. The second-order valence-electron chi connectivity index (χ2n) is 8.91. The molecule has 0 radical (unpaired) electrons. The fourth-order valence-corrected chi connectivity index (χ4v) is 4.05. The van der Waals surface area contributed by atoms with E-state index in [0.29, 0.717) is 17.9 Å². The molecule has 0 bridgehead atoms. The smallest absolute Gasteiger partial charge is 0.383 e. The van der Waals surface area contributed by atoms with Crippen LogP contribution in [0.25, 0.3) is 0 Å². The van der Waals surface area contributed by atoms with Gasteiger partial charge >= 0.3 is 18.0 Å². The van der Waals surface area contributed by atoms with Crippen molar-refractivity contribution in [1.82, 2.24) is 14.8 Å². The molecule has 3 amide bonds. The molecule has 1 aromatic heterocycles. The van der Waals surface area contributed by atoms with Crippen LogP contribution in [0.3, 0.4) is 0 Å². The maximum absolute atomic E-state index is 13.2. The van der Waals surface area contributed by atoms with E-state index in [9.17, 15) is 27.6 Å². The lowest BCUT2D eigenvalue weighted by molar-refractivity contribution is -0.201. The lowest BCUT2D eigenvalue weighted by atomic mass is 10.0. The van der Waals surface area contributed by atoms with Crippen LogP contribution < -0.4 is 11.1 Å². The fourth-order valence-electron chi connectivity index (χ4n) is 4.05. The zero-order valence-corrected chi connectivity index (χ0v) is 20.2. The van der Waals surface area contributed by atoms with Gasteiger partial charge in [-0.05, 0) is 37.8 Å². The Hall–Kier alpha value is -3.63. The molecule has 1 saturated carbocycles. The normalized spacial score (nSPS) is 18.5. The standard InChI is InChI=1S/C19H24F3N5O3.C6H6/c1-3-12-8-13(9-24-14(12)23)25-15(28)16(29)26-6-7-27(11(2)10-26)17(30)18(4-5-18)19(20,21)22;1-2-4-6-5-3-1/h8-9,11H,3-7,10H2,1-2H3,(H2,23,24)(H,25,28);1-6H. The van der Waals surface area contributed by atoms with Crippen LogP contribution in [0.5, 0.6) is 0 Å². The molecule has 2 aromatic rings. The van der Waals surface area contributed by atoms with E-state index in [0.717, 1.165) is 5.56 Å². The average molecular weight is 506 g/mol. The molecule has 11 heteroatoms. The van der Waals surface area contributed by atoms with Crippen molar-refractivity contribution in [3.05, 3.63) is 54.2 Å². The van der Waals surface area contributed by atoms with Gasteiger partial charge in [0.15, 0.2) is 0 Å². The summed E-state index contributed by atoms with van der Waals surface area (Å²) in [5.41, 5.74) is 4.48. The number of nitrogens with one attached hydrogen (secondary N) is 1. The van der Waals surface area contributed by atoms with Crippen molar-refractivity contribution in [2.75, 3.05) is 30.7 Å². The predicted octanol–water partition coefficient (Wildman–Crippen LogP) is 3.25. The third-order valence-electron chi connectivity index (χ3n) is 6.38. The van der Waals surface area contributed by atoms with Gasteiger partial charge in [0.1, 0.15) is 11.2 Å². The number of anilines is 2. The summed E-state index contributed by atoms with van der Waals surface area (Å²) in [6, 6.07) is 13.0. The average Bonchev–Trinajstić information content (AvgIpc) is 3.68. The van der Waals surface area contributed by atoms with Gasteiger partial charge in [-0.3, -0.25) is 14.4 Å². The molecular formula is C25H30F3N5O3. The maximum Gasteiger partial charge on any atom is 0.403 e. The van der Waals surface area contributed by atoms with Crippen molar-refractivity contribution >= 4 is 29.2 Å². The number of pyridine rings is 1. The molecule has 2 fully saturated rings. The van der Waals surface area contributed by atoms with Crippen molar-refractivity contribution in [3.63, 3.8) is 0 Å². The molecule has 194 valence electrons. The fraction of sp³-hybridized carbons (Fsp3) is 0.440. The molecule has 8 nitrogen and oxygen atoms in total. The van der Waals surface area contributed by atoms with E-state index in [1.807, 2.05) is 43.3 Å². The summed E-state index contributed by atoms with van der Waals surface area (Å²) in [6.45, 7) is 3.35. The maximum atomic E-state index is 13.2. The molecule has 4 rings (SSSR count). The number of amides is 3. The summed E-state index contributed by atoms with van der Waals surface area (Å²) in [6.07, 6.45) is -3.06. The summed E-state index contributed by atoms with van der Waals surface area (Å²) in [7, 11) is 0. The van der Waals surface area contributed by atoms with Crippen molar-refractivity contribution in [2.24, 2.45) is 5.41 Å². The number of halogens is 3. The van der Waals surface area contributed by atoms with Crippen LogP contribution in [-0.2, 0) is 20.8 Å². The number of nitrogens with zero attached hydrogens (tertiary/aromatic N) is 3. The number of carbonyl (C=O) groups is 3. The summed E-state index contributed by atoms with van der Waals surface area (Å²) < 4.78 is 39.7. The summed E-state index contributed by atoms with van der Waals surface area (Å²) >= 11 is 0. The minimum Gasteiger partial charge on any atom is -0.383 e. The Bertz CT molecular complexity index is 1060. The highest BCUT2D eigenvalue weighted by Crippen LogP contribution is 2.58. The van der Waals surface area contributed by atoms with Gasteiger partial charge in [-0.15, -0.1) is 0 Å². The number of benzene rings is 1. The van der Waals surface area contributed by atoms with E-state index in [4.69, 9.17) is 5.73 Å². The van der Waals surface area contributed by atoms with Crippen LogP contribution in [0.1, 0.15) is 32.3 Å². The van der Waals surface area contributed by atoms with Gasteiger partial charge in [-0.1, -0.05) is 43.3 Å². The lowest BCUT2D eigenvalue weighted by Gasteiger charge is -2.41. The molecule has 1 atom stereocenters. The molecule has 1 unspecified atom stereocenters. The number of carbonyl (C=O) groups excluding carboxylic acids is 3. The molecule has 2 heterocycles. The second kappa shape index (κ2) is 11.0. The van der Waals surface area contributed by atoms with Crippen molar-refractivity contribution in [1.29, 1.82) is 0 Å². The number of alkyl halides is 3. The number of hydrogen-bond acceptors (Lipinski definition) is 5. The Morgan fingerprint density at radius 3 is 2.17 bits per heavy atom. The van der Waals surface area contributed by atoms with Crippen molar-refractivity contribution < 1.29 is 27.6 Å². The topological polar surface area (TPSA) is 109 Å². The largest absolute Gasteiger partial charge is 0.403 e. The summed E-state index contributed by atoms with van der Waals surface area (Å²) in [5.74, 6) is -2.31. The van der Waals surface area contributed by atoms with E-state index in [1.165, 1.54) is 16.0 Å². The van der Waals surface area contributed by atoms with E-state index in [1.54, 1.807) is 13.0 Å². The Morgan fingerprint density at radius 2 is 1.69 bits per heavy atom. The monoisotopic (exact) mass is 505 g/mol. The van der Waals surface area contributed by atoms with Gasteiger partial charge in [0.25, 0.3) is 0 Å². The number of aromatic nitrogens is 1. The Morgan fingerprint density at radius 1 is 1.11 bits per heavy atom. The minimum absolute atomic E-state index is 0.0174. The number of nitrogens with two attached hydrogens (primary N) is 1. The highest BCUT2D eigenvalue weighted by atomic mass is 19.4. The first-order valence-corrected chi connectivity index (χ1v) is 11.7. The third-order valence-corrected chi connectivity index (χ3v) is 6.38. The van der Waals surface area contributed by atoms with E-state index in [-0.39, 0.29) is 32.5 Å². The third kappa shape index (κ3) is 5.95. The Labute approximate surface area is 207 Å². The zero-order chi connectivity index (χ0) is 26.5. The first-order valence-electron chi connectivity index (χ1n) is 11.7. The Balaban J connectivity index is 0.000000526. The highest BCUT2D eigenvalue weighted by molar-refractivity contribution is 6.39. The number of piperazine rings is 1. The number of aryl methyl sites for hydroxylation is 1. The number of hydrogen-bond donors (Lipinski definition) is 2. The first kappa shape index (κ1) is 27.0. The quantitative estimate of drug-likeness (QED) is 0.623. The molecule has 1 saturated heterocycles. The molecular weight excluding hydrogens is 475 g/mol. The van der Waals surface area contributed by atoms with Crippen LogP contribution in [0.4, 0.5) is 24.7 Å². The van der Waals surface area contributed by atoms with Crippen molar-refractivity contribution in [3.8, 4) is 0 Å². The molecule has 1 aliphatic heterocycles. The van der Waals surface area contributed by atoms with E-state index in [2.05, 4.69) is 10.3 Å². The van der Waals surface area contributed by atoms with Gasteiger partial charge in [0.05, 0.1) is 11.9 Å². The van der Waals surface area contributed by atoms with Gasteiger partial charge in [-0.25, -0.2) is 4.98 Å². The van der Waals surface area contributed by atoms with Crippen LogP contribution in [-0.4, -0.2) is 64.4 Å². The van der Waals surface area contributed by atoms with Gasteiger partial charge < -0.3 is 20.9 Å². The van der Waals surface area contributed by atoms with Gasteiger partial charge in [-0.2, -0.15) is 13.2 Å². The summed E-state index contributed by atoms with van der Waals surface area (Å²) in [5, 5.41) is 2.47. The first-order chi connectivity index (χ1) is 17.0. The number of rotatable bonds is 3. The summed E-state index contributed by atoms with van der Waals surface area (Å²) in [4.78, 5) is 43.7. The van der Waals surface area contributed by atoms with Crippen LogP contribution in [0, 0.1) is 5.41 Å². The van der Waals surface area contributed by atoms with Crippen LogP contribution in [0.15, 0.2) is 48.7 Å². The molecule has 0 spiro atoms. The molecule has 36 heavy (non-hydrogen) atoms. The van der Waals surface area contributed by atoms with E-state index >= 15 is 0 Å². The highest BCUT2D eigenvalue weighted by Gasteiger charge is 2.69. The lowest BCUT2D eigenvalue weighted by Crippen LogP contribution is -2.59. The van der Waals surface area contributed by atoms with Crippen molar-refractivity contribution in [2.45, 2.75) is 45.3 Å².